The first-order valence-corrected chi connectivity index (χ1v) is 7.39. The fourth-order valence-corrected chi connectivity index (χ4v) is 2.75. The van der Waals surface area contributed by atoms with Crippen LogP contribution < -0.4 is 5.32 Å². The Balaban J connectivity index is 1.92. The van der Waals surface area contributed by atoms with Crippen LogP contribution in [-0.4, -0.2) is 35.2 Å². The highest BCUT2D eigenvalue weighted by atomic mass is 16.3. The van der Waals surface area contributed by atoms with Crippen molar-refractivity contribution in [2.45, 2.75) is 38.3 Å². The maximum atomic E-state index is 12.3. The number of benzene rings is 1. The van der Waals surface area contributed by atoms with Crippen molar-refractivity contribution < 1.29 is 9.90 Å². The highest BCUT2D eigenvalue weighted by Crippen LogP contribution is 2.19. The lowest BCUT2D eigenvalue weighted by atomic mass is 10.0. The van der Waals surface area contributed by atoms with Crippen molar-refractivity contribution in [2.75, 3.05) is 13.2 Å². The first kappa shape index (κ1) is 15.3. The minimum absolute atomic E-state index is 0.0875. The van der Waals surface area contributed by atoms with Gasteiger partial charge in [0.2, 0.25) is 0 Å². The number of carbonyl (C=O) groups is 1. The Kier molecular flexibility index (Phi) is 5.59. The molecule has 2 amide bonds. The molecule has 2 rings (SSSR count). The van der Waals surface area contributed by atoms with Gasteiger partial charge in [0.25, 0.3) is 0 Å². The van der Waals surface area contributed by atoms with Crippen molar-refractivity contribution in [1.29, 1.82) is 5.26 Å². The van der Waals surface area contributed by atoms with Crippen LogP contribution in [0, 0.1) is 11.3 Å². The number of rotatable bonds is 4. The molecule has 1 saturated heterocycles. The zero-order valence-corrected chi connectivity index (χ0v) is 12.1. The molecule has 0 spiro atoms. The molecule has 1 aliphatic heterocycles. The Hall–Kier alpha value is -2.06. The molecular weight excluding hydrogens is 266 g/mol. The van der Waals surface area contributed by atoms with Gasteiger partial charge in [-0.15, -0.1) is 0 Å². The van der Waals surface area contributed by atoms with Gasteiger partial charge in [0.05, 0.1) is 11.6 Å². The fraction of sp³-hybridized carbons (Fsp3) is 0.500. The fourth-order valence-electron chi connectivity index (χ4n) is 2.75. The number of piperidine rings is 1. The van der Waals surface area contributed by atoms with Crippen LogP contribution in [0.1, 0.15) is 36.8 Å². The van der Waals surface area contributed by atoms with Crippen molar-refractivity contribution in [3.05, 3.63) is 35.4 Å². The molecule has 112 valence electrons. The van der Waals surface area contributed by atoms with E-state index >= 15 is 0 Å². The van der Waals surface area contributed by atoms with Crippen LogP contribution in [0.4, 0.5) is 4.79 Å². The Bertz CT molecular complexity index is 522. The van der Waals surface area contributed by atoms with Crippen LogP contribution in [-0.2, 0) is 6.54 Å². The summed E-state index contributed by atoms with van der Waals surface area (Å²) in [6.45, 7) is 1.27. The van der Waals surface area contributed by atoms with Crippen LogP contribution in [0.15, 0.2) is 24.3 Å². The van der Waals surface area contributed by atoms with Gasteiger partial charge in [0.1, 0.15) is 0 Å². The number of nitrogens with one attached hydrogen (secondary N) is 1. The predicted octanol–water partition coefficient (Wildman–Crippen LogP) is 2.00. The third-order valence-electron chi connectivity index (χ3n) is 3.85. The molecule has 1 aromatic rings. The third kappa shape index (κ3) is 4.20. The maximum Gasteiger partial charge on any atom is 0.317 e. The lowest BCUT2D eigenvalue weighted by molar-refractivity contribution is 0.131. The summed E-state index contributed by atoms with van der Waals surface area (Å²) in [4.78, 5) is 14.1. The monoisotopic (exact) mass is 287 g/mol. The smallest absolute Gasteiger partial charge is 0.317 e. The maximum absolute atomic E-state index is 12.3. The van der Waals surface area contributed by atoms with E-state index in [1.165, 1.54) is 0 Å². The number of nitriles is 1. The molecule has 0 unspecified atom stereocenters. The summed E-state index contributed by atoms with van der Waals surface area (Å²) in [5, 5.41) is 20.9. The first-order valence-electron chi connectivity index (χ1n) is 7.39. The predicted molar refractivity (Wildman–Crippen MR) is 79.4 cm³/mol. The van der Waals surface area contributed by atoms with E-state index in [4.69, 9.17) is 10.4 Å². The summed E-state index contributed by atoms with van der Waals surface area (Å²) < 4.78 is 0. The largest absolute Gasteiger partial charge is 0.396 e. The Morgan fingerprint density at radius 3 is 3.10 bits per heavy atom. The summed E-state index contributed by atoms with van der Waals surface area (Å²) in [6.07, 6.45) is 3.72. The summed E-state index contributed by atoms with van der Waals surface area (Å²) in [5.41, 5.74) is 1.51. The molecule has 0 bridgehead atoms. The van der Waals surface area contributed by atoms with Crippen LogP contribution in [0.5, 0.6) is 0 Å². The molecule has 1 atom stereocenters. The van der Waals surface area contributed by atoms with E-state index < -0.39 is 0 Å². The van der Waals surface area contributed by atoms with Gasteiger partial charge >= 0.3 is 6.03 Å². The minimum Gasteiger partial charge on any atom is -0.396 e. The molecule has 1 aromatic carbocycles. The van der Waals surface area contributed by atoms with Gasteiger partial charge in [-0.05, 0) is 43.4 Å². The SMILES string of the molecule is N#Cc1cccc(CNC(=O)N2CCCC[C@H]2CCO)c1. The topological polar surface area (TPSA) is 76.4 Å². The lowest BCUT2D eigenvalue weighted by Crippen LogP contribution is -2.48. The molecule has 21 heavy (non-hydrogen) atoms. The molecule has 1 fully saturated rings. The second-order valence-electron chi connectivity index (χ2n) is 5.33. The van der Waals surface area contributed by atoms with E-state index in [-0.39, 0.29) is 18.7 Å². The normalized spacial score (nSPS) is 18.1. The van der Waals surface area contributed by atoms with E-state index in [0.717, 1.165) is 31.4 Å². The van der Waals surface area contributed by atoms with Gasteiger partial charge in [0.15, 0.2) is 0 Å². The van der Waals surface area contributed by atoms with E-state index in [1.807, 2.05) is 17.0 Å². The number of carbonyl (C=O) groups excluding carboxylic acids is 1. The van der Waals surface area contributed by atoms with Crippen molar-refractivity contribution in [3.63, 3.8) is 0 Å². The van der Waals surface area contributed by atoms with Crippen molar-refractivity contribution >= 4 is 6.03 Å². The Morgan fingerprint density at radius 2 is 2.33 bits per heavy atom. The quantitative estimate of drug-likeness (QED) is 0.889. The van der Waals surface area contributed by atoms with Crippen LogP contribution in [0.3, 0.4) is 0 Å². The van der Waals surface area contributed by atoms with Gasteiger partial charge in [-0.25, -0.2) is 4.79 Å². The van der Waals surface area contributed by atoms with Gasteiger partial charge in [-0.3, -0.25) is 0 Å². The van der Waals surface area contributed by atoms with E-state index in [9.17, 15) is 4.79 Å². The Morgan fingerprint density at radius 1 is 1.48 bits per heavy atom. The molecular formula is C16H21N3O2. The number of aliphatic hydroxyl groups is 1. The number of aliphatic hydroxyl groups excluding tert-OH is 1. The third-order valence-corrected chi connectivity index (χ3v) is 3.85. The van der Waals surface area contributed by atoms with Gasteiger partial charge < -0.3 is 15.3 Å². The second kappa shape index (κ2) is 7.65. The van der Waals surface area contributed by atoms with E-state index in [2.05, 4.69) is 11.4 Å². The average molecular weight is 287 g/mol. The lowest BCUT2D eigenvalue weighted by Gasteiger charge is -2.35. The van der Waals surface area contributed by atoms with Crippen LogP contribution in [0.25, 0.3) is 0 Å². The summed E-state index contributed by atoms with van der Waals surface area (Å²) in [5.74, 6) is 0. The Labute approximate surface area is 125 Å². The first-order chi connectivity index (χ1) is 10.2. The zero-order chi connectivity index (χ0) is 15.1. The van der Waals surface area contributed by atoms with Crippen molar-refractivity contribution in [2.24, 2.45) is 0 Å². The summed E-state index contributed by atoms with van der Waals surface area (Å²) >= 11 is 0. The molecule has 0 aliphatic carbocycles. The summed E-state index contributed by atoms with van der Waals surface area (Å²) in [7, 11) is 0. The number of amides is 2. The van der Waals surface area contributed by atoms with Crippen LogP contribution >= 0.6 is 0 Å². The molecule has 5 nitrogen and oxygen atoms in total. The summed E-state index contributed by atoms with van der Waals surface area (Å²) in [6, 6.07) is 9.37. The average Bonchev–Trinajstić information content (AvgIpc) is 2.53. The van der Waals surface area contributed by atoms with Gasteiger partial charge in [-0.2, -0.15) is 5.26 Å². The highest BCUT2D eigenvalue weighted by Gasteiger charge is 2.25. The zero-order valence-electron chi connectivity index (χ0n) is 12.1. The van der Waals surface area contributed by atoms with E-state index in [0.29, 0.717) is 18.5 Å². The van der Waals surface area contributed by atoms with Crippen molar-refractivity contribution in [1.82, 2.24) is 10.2 Å². The molecule has 1 aliphatic rings. The molecule has 1 heterocycles. The van der Waals surface area contributed by atoms with E-state index in [1.54, 1.807) is 12.1 Å². The molecule has 0 saturated carbocycles. The van der Waals surface area contributed by atoms with Gasteiger partial charge in [-0.1, -0.05) is 12.1 Å². The number of urea groups is 1. The van der Waals surface area contributed by atoms with Crippen LogP contribution in [0.2, 0.25) is 0 Å². The number of likely N-dealkylation sites (tertiary alicyclic amines) is 1. The molecule has 2 N–H and O–H groups in total. The molecule has 0 radical (unpaired) electrons. The standard InChI is InChI=1S/C16H21N3O2/c17-11-13-4-3-5-14(10-13)12-18-16(21)19-8-2-1-6-15(19)7-9-20/h3-5,10,15,20H,1-2,6-9,12H2,(H,18,21)/t15-/m0/s1. The highest BCUT2D eigenvalue weighted by molar-refractivity contribution is 5.74. The van der Waals surface area contributed by atoms with Crippen molar-refractivity contribution in [3.8, 4) is 6.07 Å². The minimum atomic E-state index is -0.0875. The number of hydrogen-bond donors (Lipinski definition) is 2. The number of hydrogen-bond acceptors (Lipinski definition) is 3. The second-order valence-corrected chi connectivity index (χ2v) is 5.33. The number of nitrogens with zero attached hydrogens (tertiary/aromatic N) is 2. The molecule has 0 aromatic heterocycles. The van der Waals surface area contributed by atoms with Gasteiger partial charge in [0, 0.05) is 25.7 Å². The molecule has 5 heteroatoms.